The molecule has 1 aromatic rings. The van der Waals surface area contributed by atoms with Gasteiger partial charge in [0.05, 0.1) is 13.2 Å². The lowest BCUT2D eigenvalue weighted by Crippen LogP contribution is -2.47. The summed E-state index contributed by atoms with van der Waals surface area (Å²) in [6.07, 6.45) is 7.47. The average Bonchev–Trinajstić information content (AvgIpc) is 2.69. The van der Waals surface area contributed by atoms with E-state index < -0.39 is 0 Å². The molecule has 0 spiro atoms. The number of carbonyl (C=O) groups excluding carboxylic acids is 2. The molecule has 1 aromatic heterocycles. The number of hydrogen-bond donors (Lipinski definition) is 0. The Morgan fingerprint density at radius 1 is 1.12 bits per heavy atom. The van der Waals surface area contributed by atoms with Crippen molar-refractivity contribution in [1.29, 1.82) is 0 Å². The molecular formula is C19H27N3O3. The van der Waals surface area contributed by atoms with E-state index in [0.717, 1.165) is 25.7 Å². The Kier molecular flexibility index (Phi) is 6.39. The molecule has 0 aliphatic carbocycles. The van der Waals surface area contributed by atoms with Gasteiger partial charge in [0.2, 0.25) is 11.8 Å². The Hall–Kier alpha value is -1.95. The Morgan fingerprint density at radius 3 is 2.56 bits per heavy atom. The van der Waals surface area contributed by atoms with E-state index in [1.807, 2.05) is 28.1 Å². The van der Waals surface area contributed by atoms with Crippen molar-refractivity contribution in [3.8, 4) is 0 Å². The number of hydrogen-bond acceptors (Lipinski definition) is 4. The standard InChI is InChI=1S/C19H27N3O3/c23-18(5-1-3-16-4-2-8-20-15-16)21-9-6-17(7-10-21)19(24)22-11-13-25-14-12-22/h2,4,8,15,17H,1,3,5-7,9-14H2. The number of piperidine rings is 1. The van der Waals surface area contributed by atoms with Crippen LogP contribution in [0.15, 0.2) is 24.5 Å². The minimum Gasteiger partial charge on any atom is -0.378 e. The Balaban J connectivity index is 1.37. The zero-order valence-corrected chi connectivity index (χ0v) is 14.7. The number of ether oxygens (including phenoxy) is 1. The molecule has 2 amide bonds. The van der Waals surface area contributed by atoms with E-state index in [2.05, 4.69) is 4.98 Å². The first-order valence-corrected chi connectivity index (χ1v) is 9.27. The largest absolute Gasteiger partial charge is 0.378 e. The minimum absolute atomic E-state index is 0.0672. The molecule has 2 saturated heterocycles. The molecule has 0 bridgehead atoms. The predicted octanol–water partition coefficient (Wildman–Crippen LogP) is 1.50. The fraction of sp³-hybridized carbons (Fsp3) is 0.632. The van der Waals surface area contributed by atoms with Gasteiger partial charge in [0.25, 0.3) is 0 Å². The summed E-state index contributed by atoms with van der Waals surface area (Å²) in [5.41, 5.74) is 1.17. The summed E-state index contributed by atoms with van der Waals surface area (Å²) in [5, 5.41) is 0. The van der Waals surface area contributed by atoms with Gasteiger partial charge in [0.1, 0.15) is 0 Å². The molecule has 0 atom stereocenters. The molecule has 3 heterocycles. The number of likely N-dealkylation sites (tertiary alicyclic amines) is 1. The lowest BCUT2D eigenvalue weighted by molar-refractivity contribution is -0.143. The van der Waals surface area contributed by atoms with Crippen LogP contribution in [0.3, 0.4) is 0 Å². The van der Waals surface area contributed by atoms with Gasteiger partial charge in [-0.05, 0) is 37.3 Å². The smallest absolute Gasteiger partial charge is 0.225 e. The van der Waals surface area contributed by atoms with Gasteiger partial charge in [-0.1, -0.05) is 6.07 Å². The molecule has 2 aliphatic heterocycles. The third-order valence-electron chi connectivity index (χ3n) is 5.10. The van der Waals surface area contributed by atoms with Gasteiger partial charge in [0.15, 0.2) is 0 Å². The van der Waals surface area contributed by atoms with Crippen molar-refractivity contribution in [3.63, 3.8) is 0 Å². The number of pyridine rings is 1. The number of rotatable bonds is 5. The number of amides is 2. The first-order chi connectivity index (χ1) is 12.2. The Labute approximate surface area is 149 Å². The zero-order valence-electron chi connectivity index (χ0n) is 14.7. The summed E-state index contributed by atoms with van der Waals surface area (Å²) < 4.78 is 5.30. The molecule has 3 rings (SSSR count). The van der Waals surface area contributed by atoms with Gasteiger partial charge in [-0.3, -0.25) is 14.6 Å². The van der Waals surface area contributed by atoms with Crippen LogP contribution in [0, 0.1) is 5.92 Å². The van der Waals surface area contributed by atoms with Gasteiger partial charge in [0, 0.05) is 50.9 Å². The first kappa shape index (κ1) is 17.9. The number of nitrogens with zero attached hydrogens (tertiary/aromatic N) is 3. The van der Waals surface area contributed by atoms with E-state index in [9.17, 15) is 9.59 Å². The van der Waals surface area contributed by atoms with Gasteiger partial charge < -0.3 is 14.5 Å². The van der Waals surface area contributed by atoms with Crippen molar-refractivity contribution in [1.82, 2.24) is 14.8 Å². The quantitative estimate of drug-likeness (QED) is 0.811. The van der Waals surface area contributed by atoms with Crippen LogP contribution in [0.5, 0.6) is 0 Å². The number of aryl methyl sites for hydroxylation is 1. The highest BCUT2D eigenvalue weighted by Gasteiger charge is 2.30. The van der Waals surface area contributed by atoms with Crippen LogP contribution in [0.4, 0.5) is 0 Å². The molecule has 0 radical (unpaired) electrons. The second-order valence-corrected chi connectivity index (χ2v) is 6.81. The van der Waals surface area contributed by atoms with Crippen LogP contribution in [0.2, 0.25) is 0 Å². The lowest BCUT2D eigenvalue weighted by atomic mass is 9.94. The topological polar surface area (TPSA) is 62.7 Å². The van der Waals surface area contributed by atoms with E-state index in [-0.39, 0.29) is 17.7 Å². The zero-order chi connectivity index (χ0) is 17.5. The number of morpholine rings is 1. The average molecular weight is 345 g/mol. The van der Waals surface area contributed by atoms with E-state index in [0.29, 0.717) is 45.8 Å². The maximum absolute atomic E-state index is 12.5. The maximum Gasteiger partial charge on any atom is 0.225 e. The van der Waals surface area contributed by atoms with E-state index >= 15 is 0 Å². The molecule has 2 fully saturated rings. The van der Waals surface area contributed by atoms with Gasteiger partial charge >= 0.3 is 0 Å². The monoisotopic (exact) mass is 345 g/mol. The third kappa shape index (κ3) is 5.01. The maximum atomic E-state index is 12.5. The van der Waals surface area contributed by atoms with E-state index in [1.165, 1.54) is 5.56 Å². The van der Waals surface area contributed by atoms with Gasteiger partial charge in [-0.25, -0.2) is 0 Å². The van der Waals surface area contributed by atoms with Crippen molar-refractivity contribution in [2.75, 3.05) is 39.4 Å². The van der Waals surface area contributed by atoms with Crippen LogP contribution in [0.1, 0.15) is 31.2 Å². The summed E-state index contributed by atoms with van der Waals surface area (Å²) >= 11 is 0. The molecular weight excluding hydrogens is 318 g/mol. The molecule has 0 N–H and O–H groups in total. The van der Waals surface area contributed by atoms with E-state index in [4.69, 9.17) is 4.74 Å². The molecule has 0 aromatic carbocycles. The van der Waals surface area contributed by atoms with Crippen LogP contribution in [-0.4, -0.2) is 66.0 Å². The van der Waals surface area contributed by atoms with Crippen LogP contribution in [-0.2, 0) is 20.7 Å². The highest BCUT2D eigenvalue weighted by molar-refractivity contribution is 5.80. The second kappa shape index (κ2) is 8.94. The van der Waals surface area contributed by atoms with Crippen molar-refractivity contribution in [2.24, 2.45) is 5.92 Å². The van der Waals surface area contributed by atoms with Crippen molar-refractivity contribution < 1.29 is 14.3 Å². The highest BCUT2D eigenvalue weighted by atomic mass is 16.5. The number of aromatic nitrogens is 1. The molecule has 136 valence electrons. The Morgan fingerprint density at radius 2 is 1.88 bits per heavy atom. The minimum atomic E-state index is 0.0672. The fourth-order valence-corrected chi connectivity index (χ4v) is 3.57. The third-order valence-corrected chi connectivity index (χ3v) is 5.10. The summed E-state index contributed by atoms with van der Waals surface area (Å²) in [6.45, 7) is 4.08. The van der Waals surface area contributed by atoms with Crippen molar-refractivity contribution >= 4 is 11.8 Å². The van der Waals surface area contributed by atoms with Crippen molar-refractivity contribution in [3.05, 3.63) is 30.1 Å². The molecule has 6 nitrogen and oxygen atoms in total. The first-order valence-electron chi connectivity index (χ1n) is 9.27. The van der Waals surface area contributed by atoms with Crippen LogP contribution in [0.25, 0.3) is 0 Å². The normalized spacial score (nSPS) is 19.0. The summed E-state index contributed by atoms with van der Waals surface area (Å²) in [7, 11) is 0. The molecule has 2 aliphatic rings. The molecule has 25 heavy (non-hydrogen) atoms. The second-order valence-electron chi connectivity index (χ2n) is 6.81. The molecule has 6 heteroatoms. The van der Waals surface area contributed by atoms with E-state index in [1.54, 1.807) is 6.20 Å². The van der Waals surface area contributed by atoms with Gasteiger partial charge in [-0.2, -0.15) is 0 Å². The Bertz CT molecular complexity index is 565. The van der Waals surface area contributed by atoms with Crippen LogP contribution < -0.4 is 0 Å². The fourth-order valence-electron chi connectivity index (χ4n) is 3.57. The predicted molar refractivity (Wildman–Crippen MR) is 93.9 cm³/mol. The van der Waals surface area contributed by atoms with Crippen LogP contribution >= 0.6 is 0 Å². The summed E-state index contributed by atoms with van der Waals surface area (Å²) in [6, 6.07) is 3.97. The molecule has 0 unspecified atom stereocenters. The summed E-state index contributed by atoms with van der Waals surface area (Å²) in [4.78, 5) is 32.8. The highest BCUT2D eigenvalue weighted by Crippen LogP contribution is 2.21. The lowest BCUT2D eigenvalue weighted by Gasteiger charge is -2.35. The number of carbonyl (C=O) groups is 2. The molecule has 0 saturated carbocycles. The van der Waals surface area contributed by atoms with Crippen molar-refractivity contribution in [2.45, 2.75) is 32.1 Å². The van der Waals surface area contributed by atoms with Gasteiger partial charge in [-0.15, -0.1) is 0 Å². The SMILES string of the molecule is O=C(CCCc1cccnc1)N1CCC(C(=O)N2CCOCC2)CC1. The summed E-state index contributed by atoms with van der Waals surface area (Å²) in [5.74, 6) is 0.519.